The minimum Gasteiger partial charge on any atom is -0.335 e. The highest BCUT2D eigenvalue weighted by molar-refractivity contribution is 5.92. The van der Waals surface area contributed by atoms with Gasteiger partial charge in [-0.1, -0.05) is 42.5 Å². The van der Waals surface area contributed by atoms with Crippen molar-refractivity contribution in [2.45, 2.75) is 6.92 Å². The zero-order valence-corrected chi connectivity index (χ0v) is 14.4. The van der Waals surface area contributed by atoms with Gasteiger partial charge in [0, 0.05) is 45.5 Å². The Labute approximate surface area is 143 Å². The molecule has 5 heteroatoms. The van der Waals surface area contributed by atoms with Gasteiger partial charge in [-0.2, -0.15) is 5.10 Å². The van der Waals surface area contributed by atoms with Crippen LogP contribution in [0.25, 0.3) is 6.08 Å². The number of benzene rings is 1. The lowest BCUT2D eigenvalue weighted by atomic mass is 10.2. The number of hydrogen-bond donors (Lipinski definition) is 0. The van der Waals surface area contributed by atoms with Crippen molar-refractivity contribution in [3.63, 3.8) is 0 Å². The number of nitrogens with zero attached hydrogens (tertiary/aromatic N) is 4. The molecule has 126 valence electrons. The fourth-order valence-electron chi connectivity index (χ4n) is 2.86. The molecular formula is C19H24N4O. The molecule has 0 aliphatic carbocycles. The summed E-state index contributed by atoms with van der Waals surface area (Å²) in [5.74, 6) is 0.0400. The lowest BCUT2D eigenvalue weighted by Gasteiger charge is -2.33. The molecule has 2 aromatic rings. The van der Waals surface area contributed by atoms with E-state index in [2.05, 4.69) is 34.3 Å². The fourth-order valence-corrected chi connectivity index (χ4v) is 2.86. The standard InChI is InChI=1S/C19H24N4O/c1-16-15-18(20-21(16)2)19(24)23-13-11-22(12-14-23)10-6-9-17-7-4-3-5-8-17/h3-9,15H,10-14H2,1-2H3/b9-6+. The van der Waals surface area contributed by atoms with Gasteiger partial charge in [-0.3, -0.25) is 14.4 Å². The molecule has 1 aliphatic rings. The average Bonchev–Trinajstić information content (AvgIpc) is 2.95. The van der Waals surface area contributed by atoms with Gasteiger partial charge in [0.25, 0.3) is 5.91 Å². The van der Waals surface area contributed by atoms with Crippen LogP contribution in [0, 0.1) is 6.92 Å². The first-order valence-corrected chi connectivity index (χ1v) is 8.37. The quantitative estimate of drug-likeness (QED) is 0.866. The number of aryl methyl sites for hydroxylation is 2. The zero-order valence-electron chi connectivity index (χ0n) is 14.4. The Morgan fingerprint density at radius 1 is 1.17 bits per heavy atom. The molecule has 3 rings (SSSR count). The number of rotatable bonds is 4. The molecule has 0 N–H and O–H groups in total. The van der Waals surface area contributed by atoms with E-state index in [0.717, 1.165) is 38.4 Å². The van der Waals surface area contributed by atoms with Gasteiger partial charge in [0.05, 0.1) is 0 Å². The Kier molecular flexibility index (Phi) is 5.11. The first-order valence-electron chi connectivity index (χ1n) is 8.37. The van der Waals surface area contributed by atoms with E-state index in [1.165, 1.54) is 5.56 Å². The molecule has 1 aromatic carbocycles. The van der Waals surface area contributed by atoms with Crippen LogP contribution in [0.3, 0.4) is 0 Å². The molecule has 0 atom stereocenters. The van der Waals surface area contributed by atoms with Gasteiger partial charge in [0.2, 0.25) is 0 Å². The Morgan fingerprint density at radius 2 is 1.88 bits per heavy atom. The smallest absolute Gasteiger partial charge is 0.274 e. The maximum atomic E-state index is 12.5. The second-order valence-corrected chi connectivity index (χ2v) is 6.20. The van der Waals surface area contributed by atoms with E-state index in [9.17, 15) is 4.79 Å². The van der Waals surface area contributed by atoms with Crippen LogP contribution in [0.5, 0.6) is 0 Å². The fraction of sp³-hybridized carbons (Fsp3) is 0.368. The van der Waals surface area contributed by atoms with Gasteiger partial charge in [-0.25, -0.2) is 0 Å². The molecule has 24 heavy (non-hydrogen) atoms. The highest BCUT2D eigenvalue weighted by atomic mass is 16.2. The number of carbonyl (C=O) groups excluding carboxylic acids is 1. The van der Waals surface area contributed by atoms with Crippen molar-refractivity contribution in [2.24, 2.45) is 7.05 Å². The van der Waals surface area contributed by atoms with Gasteiger partial charge in [-0.15, -0.1) is 0 Å². The van der Waals surface area contributed by atoms with Crippen molar-refractivity contribution in [3.8, 4) is 0 Å². The van der Waals surface area contributed by atoms with Crippen molar-refractivity contribution in [1.29, 1.82) is 0 Å². The van der Waals surface area contributed by atoms with E-state index in [4.69, 9.17) is 0 Å². The Balaban J connectivity index is 1.49. The van der Waals surface area contributed by atoms with Gasteiger partial charge >= 0.3 is 0 Å². The largest absolute Gasteiger partial charge is 0.335 e. The molecule has 1 aliphatic heterocycles. The van der Waals surface area contributed by atoms with Crippen molar-refractivity contribution in [2.75, 3.05) is 32.7 Å². The number of hydrogen-bond acceptors (Lipinski definition) is 3. The molecule has 0 bridgehead atoms. The minimum atomic E-state index is 0.0400. The first kappa shape index (κ1) is 16.5. The normalized spacial score (nSPS) is 16.0. The molecule has 0 spiro atoms. The third-order valence-corrected chi connectivity index (χ3v) is 4.47. The molecule has 1 saturated heterocycles. The summed E-state index contributed by atoms with van der Waals surface area (Å²) in [7, 11) is 1.86. The summed E-state index contributed by atoms with van der Waals surface area (Å²) in [6, 6.07) is 12.2. The van der Waals surface area contributed by atoms with Crippen molar-refractivity contribution >= 4 is 12.0 Å². The van der Waals surface area contributed by atoms with Crippen molar-refractivity contribution in [1.82, 2.24) is 19.6 Å². The summed E-state index contributed by atoms with van der Waals surface area (Å²) in [4.78, 5) is 16.8. The summed E-state index contributed by atoms with van der Waals surface area (Å²) < 4.78 is 1.75. The summed E-state index contributed by atoms with van der Waals surface area (Å²) in [5.41, 5.74) is 2.77. The summed E-state index contributed by atoms with van der Waals surface area (Å²) in [6.07, 6.45) is 4.34. The maximum absolute atomic E-state index is 12.5. The van der Waals surface area contributed by atoms with Crippen LogP contribution in [-0.2, 0) is 7.05 Å². The lowest BCUT2D eigenvalue weighted by Crippen LogP contribution is -2.48. The first-order chi connectivity index (χ1) is 11.6. The molecule has 2 heterocycles. The van der Waals surface area contributed by atoms with E-state index in [1.54, 1.807) is 4.68 Å². The van der Waals surface area contributed by atoms with Crippen LogP contribution >= 0.6 is 0 Å². The van der Waals surface area contributed by atoms with Crippen LogP contribution in [0.4, 0.5) is 0 Å². The SMILES string of the molecule is Cc1cc(C(=O)N2CCN(C/C=C/c3ccccc3)CC2)nn1C. The average molecular weight is 324 g/mol. The zero-order chi connectivity index (χ0) is 16.9. The van der Waals surface area contributed by atoms with E-state index < -0.39 is 0 Å². The Hall–Kier alpha value is -2.40. The molecule has 1 aromatic heterocycles. The molecule has 1 amide bonds. The van der Waals surface area contributed by atoms with E-state index in [-0.39, 0.29) is 5.91 Å². The topological polar surface area (TPSA) is 41.4 Å². The van der Waals surface area contributed by atoms with Gasteiger partial charge in [0.15, 0.2) is 5.69 Å². The van der Waals surface area contributed by atoms with Gasteiger partial charge < -0.3 is 4.90 Å². The summed E-state index contributed by atoms with van der Waals surface area (Å²) in [6.45, 7) is 6.19. The molecule has 0 saturated carbocycles. The van der Waals surface area contributed by atoms with E-state index in [1.807, 2.05) is 43.1 Å². The lowest BCUT2D eigenvalue weighted by molar-refractivity contribution is 0.0643. The predicted octanol–water partition coefficient (Wildman–Crippen LogP) is 2.20. The molecule has 5 nitrogen and oxygen atoms in total. The molecule has 0 unspecified atom stereocenters. The summed E-state index contributed by atoms with van der Waals surface area (Å²) >= 11 is 0. The van der Waals surface area contributed by atoms with Crippen molar-refractivity contribution in [3.05, 3.63) is 59.4 Å². The van der Waals surface area contributed by atoms with Crippen LogP contribution < -0.4 is 0 Å². The number of piperazine rings is 1. The maximum Gasteiger partial charge on any atom is 0.274 e. The predicted molar refractivity (Wildman–Crippen MR) is 95.8 cm³/mol. The van der Waals surface area contributed by atoms with Crippen molar-refractivity contribution < 1.29 is 4.79 Å². The third kappa shape index (κ3) is 3.92. The minimum absolute atomic E-state index is 0.0400. The second kappa shape index (κ2) is 7.45. The Bertz CT molecular complexity index is 693. The molecule has 0 radical (unpaired) electrons. The van der Waals surface area contributed by atoms with E-state index in [0.29, 0.717) is 5.69 Å². The third-order valence-electron chi connectivity index (χ3n) is 4.47. The van der Waals surface area contributed by atoms with Crippen LogP contribution in [-0.4, -0.2) is 58.2 Å². The number of carbonyl (C=O) groups is 1. The summed E-state index contributed by atoms with van der Waals surface area (Å²) in [5, 5.41) is 4.29. The number of amides is 1. The van der Waals surface area contributed by atoms with Crippen LogP contribution in [0.15, 0.2) is 42.5 Å². The molecule has 1 fully saturated rings. The molecular weight excluding hydrogens is 300 g/mol. The second-order valence-electron chi connectivity index (χ2n) is 6.20. The van der Waals surface area contributed by atoms with Crippen LogP contribution in [0.1, 0.15) is 21.7 Å². The number of aromatic nitrogens is 2. The highest BCUT2D eigenvalue weighted by Crippen LogP contribution is 2.09. The van der Waals surface area contributed by atoms with Gasteiger partial charge in [0.1, 0.15) is 0 Å². The van der Waals surface area contributed by atoms with E-state index >= 15 is 0 Å². The Morgan fingerprint density at radius 3 is 2.50 bits per heavy atom. The highest BCUT2D eigenvalue weighted by Gasteiger charge is 2.23. The monoisotopic (exact) mass is 324 g/mol. The van der Waals surface area contributed by atoms with Gasteiger partial charge in [-0.05, 0) is 18.6 Å². The van der Waals surface area contributed by atoms with Crippen LogP contribution in [0.2, 0.25) is 0 Å².